The Bertz CT molecular complexity index is 414. The standard InChI is InChI=1S/C17H28N2S/c1-3-13-8-9-20-17(13)12-19-15-6-5-7-16(19)11-14(10-15)18-4-2/h8-9,14-16,18H,3-7,10-12H2,1-2H3. The third kappa shape index (κ3) is 2.95. The summed E-state index contributed by atoms with van der Waals surface area (Å²) >= 11 is 1.96. The summed E-state index contributed by atoms with van der Waals surface area (Å²) in [5.74, 6) is 0. The lowest BCUT2D eigenvalue weighted by molar-refractivity contribution is 0.0186. The molecule has 112 valence electrons. The van der Waals surface area contributed by atoms with Crippen molar-refractivity contribution in [2.45, 2.75) is 77.0 Å². The van der Waals surface area contributed by atoms with Crippen LogP contribution in [0, 0.1) is 0 Å². The van der Waals surface area contributed by atoms with Gasteiger partial charge in [-0.3, -0.25) is 4.90 Å². The number of rotatable bonds is 5. The normalized spacial score (nSPS) is 30.6. The number of hydrogen-bond acceptors (Lipinski definition) is 3. The van der Waals surface area contributed by atoms with E-state index in [2.05, 4.69) is 35.5 Å². The molecule has 2 aliphatic rings. The van der Waals surface area contributed by atoms with Gasteiger partial charge in [0.05, 0.1) is 0 Å². The lowest BCUT2D eigenvalue weighted by atomic mass is 9.81. The van der Waals surface area contributed by atoms with E-state index in [1.165, 1.54) is 45.1 Å². The van der Waals surface area contributed by atoms with Crippen LogP contribution >= 0.6 is 11.3 Å². The Hall–Kier alpha value is -0.380. The van der Waals surface area contributed by atoms with Crippen LogP contribution in [0.25, 0.3) is 0 Å². The zero-order valence-electron chi connectivity index (χ0n) is 12.9. The number of nitrogens with one attached hydrogen (secondary N) is 1. The van der Waals surface area contributed by atoms with Crippen LogP contribution in [0.1, 0.15) is 56.4 Å². The van der Waals surface area contributed by atoms with Gasteiger partial charge in [-0.25, -0.2) is 0 Å². The summed E-state index contributed by atoms with van der Waals surface area (Å²) in [7, 11) is 0. The molecule has 3 heterocycles. The van der Waals surface area contributed by atoms with E-state index in [4.69, 9.17) is 0 Å². The van der Waals surface area contributed by atoms with E-state index in [1.807, 2.05) is 11.3 Å². The molecule has 0 spiro atoms. The van der Waals surface area contributed by atoms with Crippen molar-refractivity contribution in [3.05, 3.63) is 21.9 Å². The first-order valence-electron chi connectivity index (χ1n) is 8.36. The highest BCUT2D eigenvalue weighted by Crippen LogP contribution is 2.36. The summed E-state index contributed by atoms with van der Waals surface area (Å²) in [6.45, 7) is 6.84. The van der Waals surface area contributed by atoms with E-state index in [0.29, 0.717) is 0 Å². The molecule has 1 N–H and O–H groups in total. The van der Waals surface area contributed by atoms with Gasteiger partial charge in [0.15, 0.2) is 0 Å². The van der Waals surface area contributed by atoms with Gasteiger partial charge in [0.2, 0.25) is 0 Å². The fourth-order valence-corrected chi connectivity index (χ4v) is 5.16. The fraction of sp³-hybridized carbons (Fsp3) is 0.765. The lowest BCUT2D eigenvalue weighted by Gasteiger charge is -2.49. The lowest BCUT2D eigenvalue weighted by Crippen LogP contribution is -2.55. The third-order valence-electron chi connectivity index (χ3n) is 5.16. The van der Waals surface area contributed by atoms with Crippen LogP contribution in [0.3, 0.4) is 0 Å². The Morgan fingerprint density at radius 2 is 2.00 bits per heavy atom. The zero-order valence-corrected chi connectivity index (χ0v) is 13.7. The Labute approximate surface area is 127 Å². The van der Waals surface area contributed by atoms with E-state index in [1.54, 1.807) is 10.4 Å². The molecule has 0 aromatic carbocycles. The van der Waals surface area contributed by atoms with Crippen LogP contribution in [0.15, 0.2) is 11.4 Å². The predicted molar refractivity (Wildman–Crippen MR) is 87.4 cm³/mol. The molecule has 2 fully saturated rings. The average Bonchev–Trinajstić information content (AvgIpc) is 2.87. The topological polar surface area (TPSA) is 15.3 Å². The quantitative estimate of drug-likeness (QED) is 0.888. The Balaban J connectivity index is 1.70. The molecule has 2 unspecified atom stereocenters. The number of piperidine rings is 2. The highest BCUT2D eigenvalue weighted by atomic mass is 32.1. The van der Waals surface area contributed by atoms with Gasteiger partial charge in [-0.15, -0.1) is 11.3 Å². The number of nitrogens with zero attached hydrogens (tertiary/aromatic N) is 1. The Morgan fingerprint density at radius 3 is 2.65 bits per heavy atom. The van der Waals surface area contributed by atoms with Gasteiger partial charge in [-0.05, 0) is 55.7 Å². The number of hydrogen-bond donors (Lipinski definition) is 1. The molecule has 0 saturated carbocycles. The smallest absolute Gasteiger partial charge is 0.0336 e. The van der Waals surface area contributed by atoms with Crippen LogP contribution in [0.4, 0.5) is 0 Å². The molecule has 1 aromatic heterocycles. The van der Waals surface area contributed by atoms with Crippen LogP contribution in [-0.4, -0.2) is 29.6 Å². The summed E-state index contributed by atoms with van der Waals surface area (Å²) in [6, 6.07) is 4.72. The van der Waals surface area contributed by atoms with E-state index in [9.17, 15) is 0 Å². The van der Waals surface area contributed by atoms with Crippen LogP contribution in [0.2, 0.25) is 0 Å². The summed E-state index contributed by atoms with van der Waals surface area (Å²) in [5.41, 5.74) is 1.57. The van der Waals surface area contributed by atoms with Crippen molar-refractivity contribution in [1.29, 1.82) is 0 Å². The van der Waals surface area contributed by atoms with E-state index in [-0.39, 0.29) is 0 Å². The first kappa shape index (κ1) is 14.6. The molecule has 0 aliphatic carbocycles. The first-order chi connectivity index (χ1) is 9.81. The maximum atomic E-state index is 3.69. The SMILES string of the molecule is CCNC1CC2CCCC(C1)N2Cc1sccc1CC. The molecule has 2 nitrogen and oxygen atoms in total. The minimum absolute atomic E-state index is 0.764. The molecular formula is C17H28N2S. The molecular weight excluding hydrogens is 264 g/mol. The molecule has 2 atom stereocenters. The van der Waals surface area contributed by atoms with Crippen molar-refractivity contribution >= 4 is 11.3 Å². The maximum absolute atomic E-state index is 3.69. The Morgan fingerprint density at radius 1 is 1.25 bits per heavy atom. The molecule has 1 aromatic rings. The van der Waals surface area contributed by atoms with Crippen molar-refractivity contribution in [2.24, 2.45) is 0 Å². The summed E-state index contributed by atoms with van der Waals surface area (Å²) < 4.78 is 0. The van der Waals surface area contributed by atoms with E-state index >= 15 is 0 Å². The molecule has 2 aliphatic heterocycles. The average molecular weight is 292 g/mol. The van der Waals surface area contributed by atoms with Crippen molar-refractivity contribution < 1.29 is 0 Å². The van der Waals surface area contributed by atoms with Crippen LogP contribution < -0.4 is 5.32 Å². The molecule has 0 radical (unpaired) electrons. The summed E-state index contributed by atoms with van der Waals surface area (Å²) in [5, 5.41) is 5.96. The van der Waals surface area contributed by atoms with Crippen molar-refractivity contribution in [3.63, 3.8) is 0 Å². The monoisotopic (exact) mass is 292 g/mol. The van der Waals surface area contributed by atoms with Gasteiger partial charge in [0.25, 0.3) is 0 Å². The highest BCUT2D eigenvalue weighted by molar-refractivity contribution is 7.10. The zero-order chi connectivity index (χ0) is 13.9. The van der Waals surface area contributed by atoms with Crippen molar-refractivity contribution in [3.8, 4) is 0 Å². The first-order valence-corrected chi connectivity index (χ1v) is 9.24. The second-order valence-electron chi connectivity index (χ2n) is 6.36. The van der Waals surface area contributed by atoms with Gasteiger partial charge in [-0.2, -0.15) is 0 Å². The Kier molecular flexibility index (Phi) is 4.79. The van der Waals surface area contributed by atoms with Gasteiger partial charge >= 0.3 is 0 Å². The molecule has 3 rings (SSSR count). The molecule has 2 saturated heterocycles. The third-order valence-corrected chi connectivity index (χ3v) is 6.11. The number of thiophene rings is 1. The minimum Gasteiger partial charge on any atom is -0.314 e. The largest absolute Gasteiger partial charge is 0.314 e. The second-order valence-corrected chi connectivity index (χ2v) is 7.36. The van der Waals surface area contributed by atoms with Gasteiger partial charge < -0.3 is 5.32 Å². The minimum atomic E-state index is 0.764. The molecule has 0 amide bonds. The number of aryl methyl sites for hydroxylation is 1. The van der Waals surface area contributed by atoms with Crippen molar-refractivity contribution in [2.75, 3.05) is 6.54 Å². The number of fused-ring (bicyclic) bond motifs is 2. The van der Waals surface area contributed by atoms with Crippen LogP contribution in [-0.2, 0) is 13.0 Å². The summed E-state index contributed by atoms with van der Waals surface area (Å²) in [4.78, 5) is 4.45. The van der Waals surface area contributed by atoms with Crippen LogP contribution in [0.5, 0.6) is 0 Å². The molecule has 20 heavy (non-hydrogen) atoms. The van der Waals surface area contributed by atoms with Gasteiger partial charge in [-0.1, -0.05) is 20.3 Å². The predicted octanol–water partition coefficient (Wildman–Crippen LogP) is 3.81. The highest BCUT2D eigenvalue weighted by Gasteiger charge is 2.38. The van der Waals surface area contributed by atoms with Crippen molar-refractivity contribution in [1.82, 2.24) is 10.2 Å². The maximum Gasteiger partial charge on any atom is 0.0336 e. The molecule has 3 heteroatoms. The fourth-order valence-electron chi connectivity index (χ4n) is 4.18. The van der Waals surface area contributed by atoms with Gasteiger partial charge in [0, 0.05) is 29.5 Å². The second kappa shape index (κ2) is 6.59. The van der Waals surface area contributed by atoms with E-state index in [0.717, 1.165) is 24.7 Å². The van der Waals surface area contributed by atoms with Gasteiger partial charge in [0.1, 0.15) is 0 Å². The molecule has 2 bridgehead atoms. The van der Waals surface area contributed by atoms with E-state index < -0.39 is 0 Å². The summed E-state index contributed by atoms with van der Waals surface area (Å²) in [6.07, 6.45) is 8.16.